The topological polar surface area (TPSA) is 108 Å². The van der Waals surface area contributed by atoms with Gasteiger partial charge in [-0.1, -0.05) is 60.2 Å². The SMILES string of the molecule is COC(=O)[C@H](Cc1cccc(OS(=O)(=O)c2ccc(C)cc2)c1)NC(=O)OCc1ccccc1. The molecule has 0 saturated carbocycles. The molecule has 0 unspecified atom stereocenters. The van der Waals surface area contributed by atoms with Crippen LogP contribution in [0.25, 0.3) is 0 Å². The minimum atomic E-state index is -4.03. The Bertz CT molecular complexity index is 1230. The van der Waals surface area contributed by atoms with Gasteiger partial charge in [-0.05, 0) is 42.3 Å². The van der Waals surface area contributed by atoms with Gasteiger partial charge in [0.05, 0.1) is 7.11 Å². The van der Waals surface area contributed by atoms with Crippen LogP contribution in [0, 0.1) is 6.92 Å². The molecule has 178 valence electrons. The second-order valence-electron chi connectivity index (χ2n) is 7.48. The van der Waals surface area contributed by atoms with Crippen molar-refractivity contribution in [1.82, 2.24) is 5.32 Å². The molecule has 3 aromatic rings. The van der Waals surface area contributed by atoms with Gasteiger partial charge >= 0.3 is 22.2 Å². The predicted octanol–water partition coefficient (Wildman–Crippen LogP) is 3.77. The summed E-state index contributed by atoms with van der Waals surface area (Å²) >= 11 is 0. The maximum absolute atomic E-state index is 12.6. The van der Waals surface area contributed by atoms with E-state index in [4.69, 9.17) is 13.7 Å². The van der Waals surface area contributed by atoms with Gasteiger partial charge in [0.15, 0.2) is 0 Å². The number of amides is 1. The second-order valence-corrected chi connectivity index (χ2v) is 9.03. The van der Waals surface area contributed by atoms with Crippen LogP contribution >= 0.6 is 0 Å². The Labute approximate surface area is 198 Å². The summed E-state index contributed by atoms with van der Waals surface area (Å²) < 4.78 is 40.3. The van der Waals surface area contributed by atoms with Crippen molar-refractivity contribution in [2.75, 3.05) is 7.11 Å². The Morgan fingerprint density at radius 1 is 0.912 bits per heavy atom. The van der Waals surface area contributed by atoms with Gasteiger partial charge in [0, 0.05) is 6.42 Å². The summed E-state index contributed by atoms with van der Waals surface area (Å²) in [5.41, 5.74) is 2.27. The number of carbonyl (C=O) groups is 2. The summed E-state index contributed by atoms with van der Waals surface area (Å²) in [6.07, 6.45) is -0.747. The van der Waals surface area contributed by atoms with Crippen molar-refractivity contribution in [2.24, 2.45) is 0 Å². The van der Waals surface area contributed by atoms with Crippen LogP contribution in [-0.4, -0.2) is 33.6 Å². The summed E-state index contributed by atoms with van der Waals surface area (Å²) in [7, 11) is -2.82. The molecule has 0 aromatic heterocycles. The van der Waals surface area contributed by atoms with Gasteiger partial charge in [-0.3, -0.25) is 0 Å². The Morgan fingerprint density at radius 3 is 2.26 bits per heavy atom. The smallest absolute Gasteiger partial charge is 0.408 e. The monoisotopic (exact) mass is 483 g/mol. The number of hydrogen-bond acceptors (Lipinski definition) is 7. The summed E-state index contributed by atoms with van der Waals surface area (Å²) in [6.45, 7) is 1.89. The average Bonchev–Trinajstić information content (AvgIpc) is 2.82. The Hall–Kier alpha value is -3.85. The highest BCUT2D eigenvalue weighted by atomic mass is 32.2. The molecule has 0 saturated heterocycles. The number of nitrogens with one attached hydrogen (secondary N) is 1. The van der Waals surface area contributed by atoms with Crippen molar-refractivity contribution in [2.45, 2.75) is 30.9 Å². The maximum Gasteiger partial charge on any atom is 0.408 e. The predicted molar refractivity (Wildman–Crippen MR) is 125 cm³/mol. The van der Waals surface area contributed by atoms with E-state index in [9.17, 15) is 18.0 Å². The lowest BCUT2D eigenvalue weighted by molar-refractivity contribution is -0.143. The fraction of sp³-hybridized carbons (Fsp3) is 0.200. The van der Waals surface area contributed by atoms with Crippen molar-refractivity contribution < 1.29 is 31.7 Å². The number of ether oxygens (including phenoxy) is 2. The Morgan fingerprint density at radius 2 is 1.59 bits per heavy atom. The van der Waals surface area contributed by atoms with Gasteiger partial charge in [0.1, 0.15) is 23.3 Å². The molecule has 34 heavy (non-hydrogen) atoms. The highest BCUT2D eigenvalue weighted by Gasteiger charge is 2.23. The van der Waals surface area contributed by atoms with Crippen molar-refractivity contribution in [3.05, 3.63) is 95.6 Å². The van der Waals surface area contributed by atoms with E-state index in [-0.39, 0.29) is 23.7 Å². The Balaban J connectivity index is 1.67. The summed E-state index contributed by atoms with van der Waals surface area (Å²) in [6, 6.07) is 20.6. The number of benzene rings is 3. The molecule has 0 aliphatic rings. The summed E-state index contributed by atoms with van der Waals surface area (Å²) in [5, 5.41) is 2.49. The lowest BCUT2D eigenvalue weighted by atomic mass is 10.1. The van der Waals surface area contributed by atoms with Gasteiger partial charge in [-0.15, -0.1) is 0 Å². The first-order chi connectivity index (χ1) is 16.3. The third kappa shape index (κ3) is 7.08. The van der Waals surface area contributed by atoms with Crippen LogP contribution in [-0.2, 0) is 37.4 Å². The zero-order valence-corrected chi connectivity index (χ0v) is 19.6. The van der Waals surface area contributed by atoms with Crippen LogP contribution in [0.1, 0.15) is 16.7 Å². The van der Waals surface area contributed by atoms with Gasteiger partial charge in [0.2, 0.25) is 0 Å². The van der Waals surface area contributed by atoms with E-state index in [1.807, 2.05) is 25.1 Å². The molecule has 1 amide bonds. The lowest BCUT2D eigenvalue weighted by Gasteiger charge is -2.17. The van der Waals surface area contributed by atoms with E-state index in [1.165, 1.54) is 31.4 Å². The molecule has 0 radical (unpaired) electrons. The Kier molecular flexibility index (Phi) is 8.26. The van der Waals surface area contributed by atoms with Crippen LogP contribution in [0.15, 0.2) is 83.8 Å². The van der Waals surface area contributed by atoms with Crippen molar-refractivity contribution in [3.63, 3.8) is 0 Å². The van der Waals surface area contributed by atoms with Crippen molar-refractivity contribution in [3.8, 4) is 5.75 Å². The fourth-order valence-electron chi connectivity index (χ4n) is 3.08. The molecule has 3 rings (SSSR count). The number of carbonyl (C=O) groups excluding carboxylic acids is 2. The molecule has 0 bridgehead atoms. The maximum atomic E-state index is 12.6. The number of hydrogen-bond donors (Lipinski definition) is 1. The summed E-state index contributed by atoms with van der Waals surface area (Å²) in [4.78, 5) is 24.5. The second kappa shape index (κ2) is 11.3. The number of esters is 1. The first-order valence-corrected chi connectivity index (χ1v) is 11.8. The quantitative estimate of drug-likeness (QED) is 0.365. The van der Waals surface area contributed by atoms with E-state index >= 15 is 0 Å². The third-order valence-electron chi connectivity index (χ3n) is 4.84. The summed E-state index contributed by atoms with van der Waals surface area (Å²) in [5.74, 6) is -0.594. The molecular weight excluding hydrogens is 458 g/mol. The molecule has 0 heterocycles. The molecule has 1 N–H and O–H groups in total. The fourth-order valence-corrected chi connectivity index (χ4v) is 4.00. The average molecular weight is 484 g/mol. The first kappa shape index (κ1) is 24.8. The van der Waals surface area contributed by atoms with Gasteiger partial charge in [0.25, 0.3) is 0 Å². The highest BCUT2D eigenvalue weighted by molar-refractivity contribution is 7.87. The molecule has 0 spiro atoms. The van der Waals surface area contributed by atoms with Crippen molar-refractivity contribution >= 4 is 22.2 Å². The van der Waals surface area contributed by atoms with E-state index in [0.717, 1.165) is 11.1 Å². The standard InChI is InChI=1S/C25H25NO7S/c1-18-11-13-22(14-12-18)34(29,30)33-21-10-6-9-20(15-21)16-23(24(27)31-2)26-25(28)32-17-19-7-4-3-5-8-19/h3-15,23H,16-17H2,1-2H3,(H,26,28)/t23-/m0/s1. The highest BCUT2D eigenvalue weighted by Crippen LogP contribution is 2.21. The van der Waals surface area contributed by atoms with E-state index in [0.29, 0.717) is 5.56 Å². The van der Waals surface area contributed by atoms with E-state index in [1.54, 1.807) is 36.4 Å². The van der Waals surface area contributed by atoms with Gasteiger partial charge < -0.3 is 19.0 Å². The van der Waals surface area contributed by atoms with Crippen LogP contribution in [0.4, 0.5) is 4.79 Å². The number of aryl methyl sites for hydroxylation is 1. The van der Waals surface area contributed by atoms with Gasteiger partial charge in [-0.25, -0.2) is 9.59 Å². The van der Waals surface area contributed by atoms with Crippen LogP contribution < -0.4 is 9.50 Å². The molecule has 1 atom stereocenters. The van der Waals surface area contributed by atoms with Crippen LogP contribution in [0.3, 0.4) is 0 Å². The van der Waals surface area contributed by atoms with Gasteiger partial charge in [-0.2, -0.15) is 8.42 Å². The lowest BCUT2D eigenvalue weighted by Crippen LogP contribution is -2.43. The minimum Gasteiger partial charge on any atom is -0.467 e. The number of methoxy groups -OCH3 is 1. The van der Waals surface area contributed by atoms with Crippen LogP contribution in [0.5, 0.6) is 5.75 Å². The van der Waals surface area contributed by atoms with Crippen LogP contribution in [0.2, 0.25) is 0 Å². The molecule has 0 aliphatic carbocycles. The van der Waals surface area contributed by atoms with E-state index in [2.05, 4.69) is 5.32 Å². The molecule has 8 nitrogen and oxygen atoms in total. The zero-order valence-electron chi connectivity index (χ0n) is 18.8. The number of rotatable bonds is 9. The third-order valence-corrected chi connectivity index (χ3v) is 6.11. The minimum absolute atomic E-state index is 0.0266. The molecule has 0 fully saturated rings. The molecule has 3 aromatic carbocycles. The molecule has 9 heteroatoms. The first-order valence-electron chi connectivity index (χ1n) is 10.4. The molecule has 0 aliphatic heterocycles. The molecular formula is C25H25NO7S. The zero-order chi connectivity index (χ0) is 24.6. The largest absolute Gasteiger partial charge is 0.467 e. The van der Waals surface area contributed by atoms with E-state index < -0.39 is 28.2 Å². The van der Waals surface area contributed by atoms with Crippen molar-refractivity contribution in [1.29, 1.82) is 0 Å². The number of alkyl carbamates (subject to hydrolysis) is 1. The normalized spacial score (nSPS) is 11.8.